The van der Waals surface area contributed by atoms with Crippen LogP contribution in [0.3, 0.4) is 0 Å². The van der Waals surface area contributed by atoms with E-state index in [1.165, 1.54) is 11.8 Å². The van der Waals surface area contributed by atoms with Gasteiger partial charge in [-0.3, -0.25) is 4.57 Å². The number of thioether (sulfide) groups is 1. The van der Waals surface area contributed by atoms with E-state index in [2.05, 4.69) is 0 Å². The van der Waals surface area contributed by atoms with E-state index < -0.39 is 13.4 Å². The van der Waals surface area contributed by atoms with Gasteiger partial charge < -0.3 is 23.3 Å². The molecule has 2 rings (SSSR count). The Balaban J connectivity index is 1.94. The van der Waals surface area contributed by atoms with E-state index in [1.807, 2.05) is 41.5 Å². The van der Waals surface area contributed by atoms with Gasteiger partial charge >= 0.3 is 7.60 Å². The van der Waals surface area contributed by atoms with Crippen molar-refractivity contribution in [2.24, 2.45) is 0 Å². The van der Waals surface area contributed by atoms with Crippen molar-refractivity contribution in [2.45, 2.75) is 77.2 Å². The van der Waals surface area contributed by atoms with Crippen LogP contribution >= 0.6 is 19.4 Å². The highest BCUT2D eigenvalue weighted by atomic mass is 32.2. The second-order valence-electron chi connectivity index (χ2n) is 6.56. The van der Waals surface area contributed by atoms with Crippen molar-refractivity contribution < 1.29 is 27.8 Å². The third-order valence-corrected chi connectivity index (χ3v) is 7.25. The smallest absolute Gasteiger partial charge is 0.340 e. The summed E-state index contributed by atoms with van der Waals surface area (Å²) in [7, 11) is -3.14. The van der Waals surface area contributed by atoms with Gasteiger partial charge in [0.15, 0.2) is 12.1 Å². The predicted octanol–water partition coefficient (Wildman–Crippen LogP) is 3.60. The number of hydrogen-bond acceptors (Lipinski definition) is 7. The van der Waals surface area contributed by atoms with Gasteiger partial charge in [0.2, 0.25) is 0 Å². The van der Waals surface area contributed by atoms with Crippen LogP contribution in [0.1, 0.15) is 41.5 Å². The number of ether oxygens (including phenoxy) is 3. The second kappa shape index (κ2) is 7.09. The van der Waals surface area contributed by atoms with E-state index >= 15 is 0 Å². The Morgan fingerprint density at radius 2 is 1.77 bits per heavy atom. The van der Waals surface area contributed by atoms with Gasteiger partial charge in [0.1, 0.15) is 6.10 Å². The molecule has 8 heteroatoms. The fourth-order valence-corrected chi connectivity index (χ4v) is 6.35. The van der Waals surface area contributed by atoms with Crippen molar-refractivity contribution in [1.29, 1.82) is 0 Å². The molecule has 2 aliphatic heterocycles. The maximum atomic E-state index is 12.8. The third kappa shape index (κ3) is 4.94. The highest BCUT2D eigenvalue weighted by molar-refractivity contribution is 8.05. The molecule has 2 fully saturated rings. The molecule has 2 heterocycles. The molecule has 0 aliphatic carbocycles. The van der Waals surface area contributed by atoms with Gasteiger partial charge in [-0.25, -0.2) is 0 Å². The first-order valence-electron chi connectivity index (χ1n) is 7.65. The Kier molecular flexibility index (Phi) is 6.03. The highest BCUT2D eigenvalue weighted by Gasteiger charge is 2.51. The molecule has 2 aliphatic rings. The molecule has 0 aromatic carbocycles. The summed E-state index contributed by atoms with van der Waals surface area (Å²) in [5, 5.41) is 0.0617. The molecule has 6 nitrogen and oxygen atoms in total. The summed E-state index contributed by atoms with van der Waals surface area (Å²) >= 11 is 1.51. The first-order chi connectivity index (χ1) is 10.1. The lowest BCUT2D eigenvalue weighted by atomic mass is 10.3. The zero-order valence-corrected chi connectivity index (χ0v) is 15.8. The van der Waals surface area contributed by atoms with Crippen LogP contribution in [0.4, 0.5) is 0 Å². The first kappa shape index (κ1) is 18.7. The van der Waals surface area contributed by atoms with Crippen molar-refractivity contribution in [3.05, 3.63) is 0 Å². The highest BCUT2D eigenvalue weighted by Crippen LogP contribution is 2.54. The van der Waals surface area contributed by atoms with Crippen molar-refractivity contribution in [3.8, 4) is 0 Å². The molecule has 0 N–H and O–H groups in total. The number of fused-ring (bicyclic) bond motifs is 1. The van der Waals surface area contributed by atoms with E-state index in [-0.39, 0.29) is 35.3 Å². The summed E-state index contributed by atoms with van der Waals surface area (Å²) in [4.78, 5) is 0. The zero-order chi connectivity index (χ0) is 16.5. The largest absolute Gasteiger partial charge is 0.349 e. The maximum Gasteiger partial charge on any atom is 0.340 e. The van der Waals surface area contributed by atoms with E-state index in [9.17, 15) is 4.57 Å². The van der Waals surface area contributed by atoms with E-state index in [4.69, 9.17) is 23.3 Å². The lowest BCUT2D eigenvalue weighted by molar-refractivity contribution is -0.192. The monoisotopic (exact) mass is 354 g/mol. The summed E-state index contributed by atoms with van der Waals surface area (Å²) in [5.41, 5.74) is 0.282. The normalized spacial score (nSPS) is 31.2. The Labute approximate surface area is 137 Å². The molecule has 3 atom stereocenters. The predicted molar refractivity (Wildman–Crippen MR) is 86.1 cm³/mol. The minimum atomic E-state index is -3.14. The van der Waals surface area contributed by atoms with Crippen LogP contribution in [0.15, 0.2) is 0 Å². The summed E-state index contributed by atoms with van der Waals surface area (Å²) in [6.45, 7) is 11.7. The second-order valence-corrected chi connectivity index (χ2v) is 10.2. The fourth-order valence-electron chi connectivity index (χ4n) is 2.48. The van der Waals surface area contributed by atoms with Crippen molar-refractivity contribution in [2.75, 3.05) is 12.1 Å². The average Bonchev–Trinajstić information content (AvgIpc) is 2.79. The van der Waals surface area contributed by atoms with Gasteiger partial charge in [0.25, 0.3) is 0 Å². The van der Waals surface area contributed by atoms with Gasteiger partial charge in [-0.2, -0.15) is 0 Å². The maximum absolute atomic E-state index is 12.8. The van der Waals surface area contributed by atoms with Crippen LogP contribution in [0, 0.1) is 0 Å². The first-order valence-corrected chi connectivity index (χ1v) is 10.4. The average molecular weight is 354 g/mol. The van der Waals surface area contributed by atoms with Gasteiger partial charge in [0.05, 0.1) is 29.6 Å². The standard InChI is InChI=1S/C14H27O6PS/c1-9(2)19-21(15,20-10(3)4)8-22-11-7-16-13-12(11)17-14(5,6)18-13/h9-13H,7-8H2,1-6H3/t11-,12+,13+/m0/s1. The van der Waals surface area contributed by atoms with Gasteiger partial charge in [0, 0.05) is 0 Å². The van der Waals surface area contributed by atoms with Gasteiger partial charge in [-0.1, -0.05) is 0 Å². The van der Waals surface area contributed by atoms with Crippen LogP contribution in [0.2, 0.25) is 0 Å². The lowest BCUT2D eigenvalue weighted by Crippen LogP contribution is -2.28. The Bertz CT molecular complexity index is 414. The van der Waals surface area contributed by atoms with Gasteiger partial charge in [-0.05, 0) is 41.5 Å². The molecule has 0 aromatic rings. The van der Waals surface area contributed by atoms with Gasteiger partial charge in [-0.15, -0.1) is 11.8 Å². The molecular formula is C14H27O6PS. The van der Waals surface area contributed by atoms with E-state index in [0.29, 0.717) is 6.61 Å². The summed E-state index contributed by atoms with van der Waals surface area (Å²) in [6.07, 6.45) is -0.791. The molecule has 0 spiro atoms. The topological polar surface area (TPSA) is 63.2 Å². The van der Waals surface area contributed by atoms with E-state index in [1.54, 1.807) is 0 Å². The SMILES string of the molecule is CC(C)OP(=O)(CS[C@H]1CO[C@@H]2OC(C)(C)O[C@@H]21)OC(C)C. The van der Waals surface area contributed by atoms with Crippen LogP contribution in [0.25, 0.3) is 0 Å². The van der Waals surface area contributed by atoms with Crippen molar-refractivity contribution >= 4 is 19.4 Å². The Hall–Kier alpha value is 0.380. The van der Waals surface area contributed by atoms with Crippen molar-refractivity contribution in [1.82, 2.24) is 0 Å². The van der Waals surface area contributed by atoms with Crippen LogP contribution in [-0.4, -0.2) is 47.7 Å². The molecule has 0 aromatic heterocycles. The van der Waals surface area contributed by atoms with E-state index in [0.717, 1.165) is 0 Å². The zero-order valence-electron chi connectivity index (χ0n) is 14.1. The molecule has 0 amide bonds. The summed E-state index contributed by atoms with van der Waals surface area (Å²) in [5.74, 6) is -0.638. The van der Waals surface area contributed by atoms with Crippen molar-refractivity contribution in [3.63, 3.8) is 0 Å². The quantitative estimate of drug-likeness (QED) is 0.647. The summed E-state index contributed by atoms with van der Waals surface area (Å²) < 4.78 is 41.1. The molecule has 0 unspecified atom stereocenters. The lowest BCUT2D eigenvalue weighted by Gasteiger charge is -2.25. The minimum absolute atomic E-state index is 0.0617. The number of rotatable bonds is 7. The fraction of sp³-hybridized carbons (Fsp3) is 1.00. The third-order valence-electron chi connectivity index (χ3n) is 3.07. The molecule has 0 radical (unpaired) electrons. The van der Waals surface area contributed by atoms with Crippen LogP contribution in [0.5, 0.6) is 0 Å². The molecule has 2 saturated heterocycles. The molecule has 0 saturated carbocycles. The Morgan fingerprint density at radius 3 is 2.32 bits per heavy atom. The Morgan fingerprint density at radius 1 is 1.18 bits per heavy atom. The molecule has 130 valence electrons. The summed E-state index contributed by atoms with van der Waals surface area (Å²) in [6, 6.07) is 0. The molecular weight excluding hydrogens is 327 g/mol. The molecule has 0 bridgehead atoms. The number of hydrogen-bond donors (Lipinski definition) is 0. The molecule has 22 heavy (non-hydrogen) atoms. The minimum Gasteiger partial charge on any atom is -0.349 e. The van der Waals surface area contributed by atoms with Crippen LogP contribution < -0.4 is 0 Å². The van der Waals surface area contributed by atoms with Crippen LogP contribution in [-0.2, 0) is 27.8 Å².